The number of carboxylic acids is 1. The van der Waals surface area contributed by atoms with Gasteiger partial charge in [-0.25, -0.2) is 4.79 Å². The molecule has 0 aliphatic carbocycles. The first-order chi connectivity index (χ1) is 27.6. The van der Waals surface area contributed by atoms with Crippen molar-refractivity contribution in [3.63, 3.8) is 0 Å². The molecule has 0 saturated heterocycles. The van der Waals surface area contributed by atoms with Crippen molar-refractivity contribution in [2.24, 2.45) is 5.73 Å². The zero-order chi connectivity index (χ0) is 40.3. The summed E-state index contributed by atoms with van der Waals surface area (Å²) >= 11 is 4.07. The molecule has 0 aliphatic heterocycles. The van der Waals surface area contributed by atoms with E-state index in [0.717, 1.165) is 38.5 Å². The van der Waals surface area contributed by atoms with E-state index in [1.54, 1.807) is 30.5 Å². The van der Waals surface area contributed by atoms with Gasteiger partial charge in [0.05, 0.1) is 6.04 Å². The number of hydrogen-bond donors (Lipinski definition) is 9. The summed E-state index contributed by atoms with van der Waals surface area (Å²) in [7, 11) is 0. The van der Waals surface area contributed by atoms with Gasteiger partial charge in [-0.15, -0.1) is 0 Å². The maximum Gasteiger partial charge on any atom is 0.327 e. The van der Waals surface area contributed by atoms with E-state index in [4.69, 9.17) is 5.73 Å². The van der Waals surface area contributed by atoms with E-state index >= 15 is 0 Å². The Bertz CT molecular complexity index is 2330. The second-order valence-corrected chi connectivity index (χ2v) is 14.2. The van der Waals surface area contributed by atoms with Crippen molar-refractivity contribution in [1.29, 1.82) is 0 Å². The molecular weight excluding hydrogens is 743 g/mol. The minimum atomic E-state index is -1.30. The molecule has 4 aromatic carbocycles. The number of carboxylic acid groups (broad SMARTS) is 1. The summed E-state index contributed by atoms with van der Waals surface area (Å²) in [6, 6.07) is 27.4. The summed E-state index contributed by atoms with van der Waals surface area (Å²) in [4.78, 5) is 74.2. The van der Waals surface area contributed by atoms with Crippen LogP contribution in [0.15, 0.2) is 122 Å². The molecular formula is C43H45N7O6S. The highest BCUT2D eigenvalue weighted by Crippen LogP contribution is 2.21. The molecule has 0 bridgehead atoms. The fourth-order valence-electron chi connectivity index (χ4n) is 6.76. The number of amides is 4. The van der Waals surface area contributed by atoms with Crippen LogP contribution in [0.1, 0.15) is 22.3 Å². The highest BCUT2D eigenvalue weighted by Gasteiger charge is 2.33. The van der Waals surface area contributed by atoms with Gasteiger partial charge < -0.3 is 42.1 Å². The minimum absolute atomic E-state index is 0.0156. The van der Waals surface area contributed by atoms with Crippen LogP contribution < -0.4 is 27.0 Å². The number of carbonyl (C=O) groups is 5. The lowest BCUT2D eigenvalue weighted by Crippen LogP contribution is -2.59. The van der Waals surface area contributed by atoms with Crippen LogP contribution in [0.5, 0.6) is 0 Å². The number of H-pyrrole nitrogens is 2. The van der Waals surface area contributed by atoms with Gasteiger partial charge in [0.2, 0.25) is 23.6 Å². The van der Waals surface area contributed by atoms with E-state index < -0.39 is 59.8 Å². The third kappa shape index (κ3) is 10.5. The van der Waals surface area contributed by atoms with Gasteiger partial charge in [0.1, 0.15) is 24.2 Å². The molecule has 5 atom stereocenters. The van der Waals surface area contributed by atoms with E-state index in [2.05, 4.69) is 43.9 Å². The van der Waals surface area contributed by atoms with Gasteiger partial charge in [0, 0.05) is 59.2 Å². The first-order valence-electron chi connectivity index (χ1n) is 18.6. The van der Waals surface area contributed by atoms with Crippen molar-refractivity contribution in [1.82, 2.24) is 31.2 Å². The molecule has 0 saturated carbocycles. The molecule has 2 aromatic heterocycles. The summed E-state index contributed by atoms with van der Waals surface area (Å²) in [5.41, 5.74) is 11.2. The molecule has 2 heterocycles. The maximum absolute atomic E-state index is 14.4. The Morgan fingerprint density at radius 1 is 0.526 bits per heavy atom. The van der Waals surface area contributed by atoms with E-state index in [-0.39, 0.29) is 31.4 Å². The van der Waals surface area contributed by atoms with E-state index in [1.807, 2.05) is 91.1 Å². The van der Waals surface area contributed by atoms with Crippen LogP contribution in [-0.4, -0.2) is 80.6 Å². The van der Waals surface area contributed by atoms with E-state index in [9.17, 15) is 29.1 Å². The number of para-hydroxylation sites is 2. The molecule has 57 heavy (non-hydrogen) atoms. The Hall–Kier alpha value is -6.38. The summed E-state index contributed by atoms with van der Waals surface area (Å²) < 4.78 is 0. The van der Waals surface area contributed by atoms with Crippen molar-refractivity contribution in [2.45, 2.75) is 55.9 Å². The summed E-state index contributed by atoms with van der Waals surface area (Å²) in [5.74, 6) is -4.07. The lowest BCUT2D eigenvalue weighted by Gasteiger charge is -2.26. The first kappa shape index (κ1) is 40.3. The smallest absolute Gasteiger partial charge is 0.327 e. The molecule has 0 aliphatic rings. The number of rotatable bonds is 18. The molecule has 4 amide bonds. The van der Waals surface area contributed by atoms with Crippen molar-refractivity contribution < 1.29 is 29.1 Å². The Balaban J connectivity index is 1.27. The summed E-state index contributed by atoms with van der Waals surface area (Å²) in [5, 5.41) is 22.3. The van der Waals surface area contributed by atoms with Gasteiger partial charge in [0.25, 0.3) is 0 Å². The third-order valence-corrected chi connectivity index (χ3v) is 10.2. The second kappa shape index (κ2) is 19.0. The predicted molar refractivity (Wildman–Crippen MR) is 221 cm³/mol. The fourth-order valence-corrected chi connectivity index (χ4v) is 7.01. The average molecular weight is 788 g/mol. The maximum atomic E-state index is 14.4. The number of nitrogens with two attached hydrogens (primary N) is 1. The van der Waals surface area contributed by atoms with Gasteiger partial charge in [-0.3, -0.25) is 19.2 Å². The minimum Gasteiger partial charge on any atom is -0.480 e. The molecule has 14 heteroatoms. The van der Waals surface area contributed by atoms with Crippen LogP contribution >= 0.6 is 12.6 Å². The monoisotopic (exact) mass is 787 g/mol. The molecule has 6 rings (SSSR count). The number of hydrogen-bond acceptors (Lipinski definition) is 7. The van der Waals surface area contributed by atoms with E-state index in [1.165, 1.54) is 0 Å². The Labute approximate surface area is 334 Å². The average Bonchev–Trinajstić information content (AvgIpc) is 3.83. The molecule has 6 aromatic rings. The van der Waals surface area contributed by atoms with Crippen LogP contribution in [0.2, 0.25) is 0 Å². The lowest BCUT2D eigenvalue weighted by atomic mass is 10.00. The number of aromatic amines is 2. The quantitative estimate of drug-likeness (QED) is 0.0594. The number of nitrogens with one attached hydrogen (secondary N) is 6. The summed E-state index contributed by atoms with van der Waals surface area (Å²) in [6.07, 6.45) is 3.92. The topological polar surface area (TPSA) is 211 Å². The van der Waals surface area contributed by atoms with Gasteiger partial charge in [0.15, 0.2) is 0 Å². The highest BCUT2D eigenvalue weighted by atomic mass is 32.1. The standard InChI is InChI=1S/C43H45N7O6S/c44-32(21-28-23-45-33-17-9-7-15-30(28)33)39(51)47-35(19-26-11-3-1-4-12-26)40(52)49-37(22-29-24-46-34-18-10-8-16-31(29)34)42(54)48-36(20-27-13-5-2-6-14-27)41(53)50-38(25-57)43(55)56/h1-18,23-24,32,35-38,45-46,57H,19-22,25,44H2,(H,47,51)(H,48,54)(H,49,52)(H,50,53)(H,55,56)/t32-,35-,36-,37-,38-/m0/s1. The van der Waals surface area contributed by atoms with Crippen molar-refractivity contribution in [3.05, 3.63) is 144 Å². The fraction of sp³-hybridized carbons (Fsp3) is 0.233. The lowest BCUT2D eigenvalue weighted by molar-refractivity contribution is -0.141. The molecule has 0 fully saturated rings. The molecule has 294 valence electrons. The first-order valence-corrected chi connectivity index (χ1v) is 19.2. The molecule has 0 radical (unpaired) electrons. The number of fused-ring (bicyclic) bond motifs is 2. The number of thiol groups is 1. The molecule has 0 unspecified atom stereocenters. The van der Waals surface area contributed by atoms with Crippen LogP contribution in [0, 0.1) is 0 Å². The second-order valence-electron chi connectivity index (χ2n) is 13.9. The van der Waals surface area contributed by atoms with Gasteiger partial charge >= 0.3 is 5.97 Å². The Morgan fingerprint density at radius 3 is 1.37 bits per heavy atom. The van der Waals surface area contributed by atoms with Crippen LogP contribution in [0.4, 0.5) is 0 Å². The summed E-state index contributed by atoms with van der Waals surface area (Å²) in [6.45, 7) is 0. The third-order valence-electron chi connectivity index (χ3n) is 9.81. The Kier molecular flexibility index (Phi) is 13.4. The number of carbonyl (C=O) groups excluding carboxylic acids is 4. The van der Waals surface area contributed by atoms with Crippen molar-refractivity contribution in [3.8, 4) is 0 Å². The molecule has 13 nitrogen and oxygen atoms in total. The number of aromatic nitrogens is 2. The zero-order valence-electron chi connectivity index (χ0n) is 31.0. The molecule has 0 spiro atoms. The Morgan fingerprint density at radius 2 is 0.912 bits per heavy atom. The van der Waals surface area contributed by atoms with Gasteiger partial charge in [-0.1, -0.05) is 97.1 Å². The number of aliphatic carboxylic acids is 1. The largest absolute Gasteiger partial charge is 0.480 e. The van der Waals surface area contributed by atoms with Gasteiger partial charge in [-0.05, 0) is 40.8 Å². The molecule has 9 N–H and O–H groups in total. The van der Waals surface area contributed by atoms with Crippen LogP contribution in [-0.2, 0) is 49.7 Å². The zero-order valence-corrected chi connectivity index (χ0v) is 31.9. The number of benzene rings is 4. The SMILES string of the molecule is N[C@@H](Cc1c[nH]c2ccccc12)C(=O)N[C@@H](Cc1ccccc1)C(=O)N[C@@H](Cc1c[nH]c2ccccc12)C(=O)N[C@@H](Cc1ccccc1)C(=O)N[C@@H](CS)C(=O)O. The van der Waals surface area contributed by atoms with Crippen molar-refractivity contribution >= 4 is 64.0 Å². The predicted octanol–water partition coefficient (Wildman–Crippen LogP) is 3.20. The van der Waals surface area contributed by atoms with Crippen LogP contribution in [0.3, 0.4) is 0 Å². The normalized spacial score (nSPS) is 13.9. The highest BCUT2D eigenvalue weighted by molar-refractivity contribution is 7.80. The van der Waals surface area contributed by atoms with Crippen LogP contribution in [0.25, 0.3) is 21.8 Å². The van der Waals surface area contributed by atoms with Crippen molar-refractivity contribution in [2.75, 3.05) is 5.75 Å². The van der Waals surface area contributed by atoms with E-state index in [0.29, 0.717) is 5.56 Å². The van der Waals surface area contributed by atoms with Gasteiger partial charge in [-0.2, -0.15) is 12.6 Å².